The van der Waals surface area contributed by atoms with Gasteiger partial charge >= 0.3 is 0 Å². The number of para-hydroxylation sites is 4. The molecule has 0 saturated heterocycles. The molecule has 226 valence electrons. The van der Waals surface area contributed by atoms with Crippen molar-refractivity contribution in [3.63, 3.8) is 0 Å². The Hall–Kier alpha value is -7.08. The van der Waals surface area contributed by atoms with Crippen LogP contribution in [-0.4, -0.2) is 9.13 Å². The third kappa shape index (κ3) is 3.79. The molecule has 0 fully saturated rings. The van der Waals surface area contributed by atoms with Gasteiger partial charge in [0.1, 0.15) is 17.2 Å². The lowest BCUT2D eigenvalue weighted by atomic mass is 9.96. The molecule has 5 nitrogen and oxygen atoms in total. The monoisotopic (exact) mass is 624 g/mol. The van der Waals surface area contributed by atoms with Crippen LogP contribution in [0.3, 0.4) is 0 Å². The summed E-state index contributed by atoms with van der Waals surface area (Å²) < 4.78 is 10.7. The van der Waals surface area contributed by atoms with Crippen molar-refractivity contribution in [3.8, 4) is 34.6 Å². The number of rotatable bonds is 3. The lowest BCUT2D eigenvalue weighted by Crippen LogP contribution is -2.02. The third-order valence-electron chi connectivity index (χ3n) is 9.80. The summed E-state index contributed by atoms with van der Waals surface area (Å²) >= 11 is 0. The number of furan rings is 1. The molecule has 0 N–H and O–H groups in total. The molecular formula is C44H24N4O. The fourth-order valence-electron chi connectivity index (χ4n) is 7.72. The molecule has 0 amide bonds. The first kappa shape index (κ1) is 27.1. The lowest BCUT2D eigenvalue weighted by molar-refractivity contribution is 0.669. The molecule has 0 saturated carbocycles. The highest BCUT2D eigenvalue weighted by atomic mass is 16.3. The summed E-state index contributed by atoms with van der Waals surface area (Å²) in [7, 11) is 0. The molecule has 49 heavy (non-hydrogen) atoms. The van der Waals surface area contributed by atoms with Crippen molar-refractivity contribution in [2.75, 3.05) is 0 Å². The summed E-state index contributed by atoms with van der Waals surface area (Å²) in [6, 6.07) is 54.1. The Kier molecular flexibility index (Phi) is 5.64. The zero-order chi connectivity index (χ0) is 32.6. The number of aromatic nitrogens is 2. The second kappa shape index (κ2) is 10.2. The van der Waals surface area contributed by atoms with Crippen LogP contribution in [0.25, 0.3) is 88.1 Å². The van der Waals surface area contributed by atoms with Gasteiger partial charge in [-0.3, -0.25) is 0 Å². The van der Waals surface area contributed by atoms with E-state index in [-0.39, 0.29) is 0 Å². The predicted molar refractivity (Wildman–Crippen MR) is 197 cm³/mol. The van der Waals surface area contributed by atoms with Gasteiger partial charge in [-0.15, -0.1) is 0 Å². The van der Waals surface area contributed by atoms with Crippen LogP contribution in [0.2, 0.25) is 0 Å². The highest BCUT2D eigenvalue weighted by molar-refractivity contribution is 6.17. The van der Waals surface area contributed by atoms with E-state index < -0.39 is 0 Å². The molecule has 0 bridgehead atoms. The Balaban J connectivity index is 1.29. The Morgan fingerprint density at radius 2 is 1.00 bits per heavy atom. The molecule has 10 aromatic rings. The SMILES string of the molecule is N#Cc1ccc(-c2c(C#N)cccc2-n2c3ccccc3c3ccccc32)cc1-n1c2ccccc2c2cc3c(cc21)oc1ccccc13. The molecule has 0 aliphatic carbocycles. The number of benzene rings is 7. The van der Waals surface area contributed by atoms with Gasteiger partial charge in [-0.1, -0.05) is 84.9 Å². The zero-order valence-corrected chi connectivity index (χ0v) is 26.1. The van der Waals surface area contributed by atoms with Gasteiger partial charge in [0.15, 0.2) is 0 Å². The van der Waals surface area contributed by atoms with Crippen molar-refractivity contribution in [1.82, 2.24) is 9.13 Å². The Labute approximate surface area is 280 Å². The van der Waals surface area contributed by atoms with E-state index in [1.165, 1.54) is 0 Å². The first-order valence-corrected chi connectivity index (χ1v) is 16.1. The van der Waals surface area contributed by atoms with E-state index in [1.807, 2.05) is 66.7 Å². The van der Waals surface area contributed by atoms with Gasteiger partial charge in [0.25, 0.3) is 0 Å². The fraction of sp³-hybridized carbons (Fsp3) is 0. The second-order valence-electron chi connectivity index (χ2n) is 12.3. The average molecular weight is 625 g/mol. The van der Waals surface area contributed by atoms with E-state index in [2.05, 4.69) is 100 Å². The van der Waals surface area contributed by atoms with E-state index >= 15 is 0 Å². The van der Waals surface area contributed by atoms with Crippen molar-refractivity contribution >= 4 is 65.6 Å². The van der Waals surface area contributed by atoms with E-state index in [4.69, 9.17) is 4.42 Å². The Morgan fingerprint density at radius 3 is 1.67 bits per heavy atom. The topological polar surface area (TPSA) is 70.6 Å². The van der Waals surface area contributed by atoms with Gasteiger partial charge in [0.2, 0.25) is 0 Å². The van der Waals surface area contributed by atoms with Crippen molar-refractivity contribution in [1.29, 1.82) is 10.5 Å². The van der Waals surface area contributed by atoms with Crippen LogP contribution < -0.4 is 0 Å². The van der Waals surface area contributed by atoms with Crippen LogP contribution in [0.4, 0.5) is 0 Å². The number of fused-ring (bicyclic) bond motifs is 9. The highest BCUT2D eigenvalue weighted by Gasteiger charge is 2.22. The van der Waals surface area contributed by atoms with E-state index in [9.17, 15) is 10.5 Å². The van der Waals surface area contributed by atoms with Crippen LogP contribution in [0.15, 0.2) is 150 Å². The Morgan fingerprint density at radius 1 is 0.408 bits per heavy atom. The maximum absolute atomic E-state index is 10.5. The molecular weight excluding hydrogens is 601 g/mol. The standard InChI is InChI=1S/C44H24N4O/c45-25-28-21-20-27(44-29(26-46)10-9-18-39(44)47-36-15-5-1-11-30(36)31-12-2-6-16-37(31)47)22-40(28)48-38-17-7-3-13-32(38)34-23-35-33-14-4-8-19-42(33)49-43(35)24-41(34)48/h1-24H. The van der Waals surface area contributed by atoms with Gasteiger partial charge in [0, 0.05) is 43.9 Å². The summed E-state index contributed by atoms with van der Waals surface area (Å²) in [6.07, 6.45) is 0. The molecule has 10 rings (SSSR count). The molecule has 0 spiro atoms. The summed E-state index contributed by atoms with van der Waals surface area (Å²) in [6.45, 7) is 0. The van der Waals surface area contributed by atoms with Crippen LogP contribution in [0.5, 0.6) is 0 Å². The van der Waals surface area contributed by atoms with Crippen molar-refractivity contribution < 1.29 is 4.42 Å². The van der Waals surface area contributed by atoms with Crippen LogP contribution in [0.1, 0.15) is 11.1 Å². The maximum Gasteiger partial charge on any atom is 0.137 e. The second-order valence-corrected chi connectivity index (χ2v) is 12.3. The van der Waals surface area contributed by atoms with Crippen molar-refractivity contribution in [3.05, 3.63) is 157 Å². The van der Waals surface area contributed by atoms with Gasteiger partial charge in [0.05, 0.1) is 50.6 Å². The zero-order valence-electron chi connectivity index (χ0n) is 26.1. The minimum absolute atomic E-state index is 0.531. The first-order chi connectivity index (χ1) is 24.2. The quantitative estimate of drug-likeness (QED) is 0.196. The third-order valence-corrected chi connectivity index (χ3v) is 9.80. The van der Waals surface area contributed by atoms with Crippen LogP contribution >= 0.6 is 0 Å². The van der Waals surface area contributed by atoms with Crippen molar-refractivity contribution in [2.24, 2.45) is 0 Å². The highest BCUT2D eigenvalue weighted by Crippen LogP contribution is 2.42. The number of nitriles is 2. The van der Waals surface area contributed by atoms with E-state index in [0.29, 0.717) is 11.1 Å². The average Bonchev–Trinajstić information content (AvgIpc) is 3.80. The summed E-state index contributed by atoms with van der Waals surface area (Å²) in [5.74, 6) is 0. The summed E-state index contributed by atoms with van der Waals surface area (Å²) in [5.41, 5.74) is 10.1. The first-order valence-electron chi connectivity index (χ1n) is 16.1. The minimum atomic E-state index is 0.531. The van der Waals surface area contributed by atoms with Gasteiger partial charge < -0.3 is 13.6 Å². The molecule has 0 radical (unpaired) electrons. The summed E-state index contributed by atoms with van der Waals surface area (Å²) in [5, 5.41) is 27.6. The van der Waals surface area contributed by atoms with Gasteiger partial charge in [-0.2, -0.15) is 10.5 Å². The lowest BCUT2D eigenvalue weighted by Gasteiger charge is -2.17. The number of nitrogens with zero attached hydrogens (tertiary/aromatic N) is 4. The molecule has 5 heteroatoms. The van der Waals surface area contributed by atoms with E-state index in [0.717, 1.165) is 88.1 Å². The molecule has 3 heterocycles. The maximum atomic E-state index is 10.5. The molecule has 0 unspecified atom stereocenters. The minimum Gasteiger partial charge on any atom is -0.456 e. The van der Waals surface area contributed by atoms with Crippen LogP contribution in [0, 0.1) is 22.7 Å². The normalized spacial score (nSPS) is 11.6. The van der Waals surface area contributed by atoms with Gasteiger partial charge in [-0.05, 0) is 60.2 Å². The summed E-state index contributed by atoms with van der Waals surface area (Å²) in [4.78, 5) is 0. The van der Waals surface area contributed by atoms with Gasteiger partial charge in [-0.25, -0.2) is 0 Å². The number of hydrogen-bond donors (Lipinski definition) is 0. The number of hydrogen-bond acceptors (Lipinski definition) is 3. The predicted octanol–water partition coefficient (Wildman–Crippen LogP) is 11.2. The van der Waals surface area contributed by atoms with Crippen LogP contribution in [-0.2, 0) is 0 Å². The molecule has 0 aliphatic rings. The van der Waals surface area contributed by atoms with E-state index in [1.54, 1.807) is 0 Å². The fourth-order valence-corrected chi connectivity index (χ4v) is 7.72. The molecule has 0 atom stereocenters. The molecule has 7 aromatic carbocycles. The van der Waals surface area contributed by atoms with Crippen molar-refractivity contribution in [2.45, 2.75) is 0 Å². The smallest absolute Gasteiger partial charge is 0.137 e. The molecule has 3 aromatic heterocycles. The largest absolute Gasteiger partial charge is 0.456 e. The Bertz CT molecular complexity index is 3030. The molecule has 0 aliphatic heterocycles.